The van der Waals surface area contributed by atoms with Gasteiger partial charge in [0.15, 0.2) is 6.10 Å². The van der Waals surface area contributed by atoms with Gasteiger partial charge >= 0.3 is 12.0 Å². The summed E-state index contributed by atoms with van der Waals surface area (Å²) in [5.74, 6) is -1.22. The normalized spacial score (nSPS) is 17.6. The molecule has 0 aromatic rings. The number of carboxylic acid groups (broad SMARTS) is 1. The highest BCUT2D eigenvalue weighted by molar-refractivity contribution is 5.77. The minimum atomic E-state index is -1.12. The Morgan fingerprint density at radius 1 is 1.40 bits per heavy atom. The molecular weight excluding hydrogens is 266 g/mol. The molecule has 0 aliphatic carbocycles. The molecule has 0 saturated carbocycles. The van der Waals surface area contributed by atoms with E-state index in [-0.39, 0.29) is 24.4 Å². The molecule has 0 radical (unpaired) electrons. The number of nitrogens with one attached hydrogen (secondary N) is 1. The Morgan fingerprint density at radius 2 is 2.00 bits per heavy atom. The molecule has 0 bridgehead atoms. The van der Waals surface area contributed by atoms with Crippen LogP contribution in [-0.2, 0) is 14.3 Å². The number of aliphatic carboxylic acids is 1. The van der Waals surface area contributed by atoms with Gasteiger partial charge in [0.05, 0.1) is 6.54 Å². The number of hydrogen-bond donors (Lipinski definition) is 3. The topological polar surface area (TPSA) is 122 Å². The van der Waals surface area contributed by atoms with Gasteiger partial charge < -0.3 is 25.8 Å². The maximum absolute atomic E-state index is 11.8. The minimum Gasteiger partial charge on any atom is -0.479 e. The molecule has 1 aliphatic rings. The van der Waals surface area contributed by atoms with E-state index in [1.807, 2.05) is 0 Å². The van der Waals surface area contributed by atoms with Gasteiger partial charge in [-0.05, 0) is 18.8 Å². The molecule has 4 N–H and O–H groups in total. The van der Waals surface area contributed by atoms with Crippen molar-refractivity contribution in [3.63, 3.8) is 0 Å². The third kappa shape index (κ3) is 5.04. The van der Waals surface area contributed by atoms with Crippen molar-refractivity contribution in [3.8, 4) is 0 Å². The second kappa shape index (κ2) is 7.68. The molecule has 8 nitrogen and oxygen atoms in total. The Kier molecular flexibility index (Phi) is 6.23. The lowest BCUT2D eigenvalue weighted by atomic mass is 9.93. The zero-order valence-electron chi connectivity index (χ0n) is 11.5. The van der Waals surface area contributed by atoms with Crippen molar-refractivity contribution in [1.82, 2.24) is 10.2 Å². The quantitative estimate of drug-likeness (QED) is 0.601. The van der Waals surface area contributed by atoms with Gasteiger partial charge in [-0.15, -0.1) is 0 Å². The average molecular weight is 287 g/mol. The van der Waals surface area contributed by atoms with Crippen LogP contribution in [0, 0.1) is 5.92 Å². The summed E-state index contributed by atoms with van der Waals surface area (Å²) in [5, 5.41) is 11.3. The molecule has 1 fully saturated rings. The van der Waals surface area contributed by atoms with Crippen LogP contribution in [0.25, 0.3) is 0 Å². The van der Waals surface area contributed by atoms with E-state index in [4.69, 9.17) is 15.6 Å². The Hall–Kier alpha value is -1.83. The van der Waals surface area contributed by atoms with Crippen LogP contribution in [0.5, 0.6) is 0 Å². The second-order valence-corrected chi connectivity index (χ2v) is 4.85. The number of carbonyl (C=O) groups excluding carboxylic acids is 2. The van der Waals surface area contributed by atoms with Crippen LogP contribution < -0.4 is 11.1 Å². The number of methoxy groups -OCH3 is 1. The number of amides is 3. The number of hydrogen-bond acceptors (Lipinski definition) is 4. The smallest absolute Gasteiger partial charge is 0.334 e. The lowest BCUT2D eigenvalue weighted by molar-refractivity contribution is -0.148. The second-order valence-electron chi connectivity index (χ2n) is 4.85. The van der Waals surface area contributed by atoms with Crippen molar-refractivity contribution in [2.45, 2.75) is 25.4 Å². The molecule has 1 rings (SSSR count). The highest BCUT2D eigenvalue weighted by Crippen LogP contribution is 2.19. The molecule has 1 atom stereocenters. The lowest BCUT2D eigenvalue weighted by Gasteiger charge is -2.31. The summed E-state index contributed by atoms with van der Waals surface area (Å²) in [4.78, 5) is 35.0. The summed E-state index contributed by atoms with van der Waals surface area (Å²) in [7, 11) is 1.28. The van der Waals surface area contributed by atoms with Gasteiger partial charge in [-0.25, -0.2) is 9.59 Å². The van der Waals surface area contributed by atoms with Crippen LogP contribution in [0.3, 0.4) is 0 Å². The molecule has 20 heavy (non-hydrogen) atoms. The number of primary amides is 1. The van der Waals surface area contributed by atoms with Gasteiger partial charge in [0.1, 0.15) is 0 Å². The van der Waals surface area contributed by atoms with Gasteiger partial charge in [0.2, 0.25) is 5.91 Å². The zero-order chi connectivity index (χ0) is 15.1. The van der Waals surface area contributed by atoms with Crippen LogP contribution in [0.4, 0.5) is 4.79 Å². The number of piperidine rings is 1. The maximum atomic E-state index is 11.8. The molecule has 3 amide bonds. The summed E-state index contributed by atoms with van der Waals surface area (Å²) >= 11 is 0. The summed E-state index contributed by atoms with van der Waals surface area (Å²) in [6, 6.07) is -0.314. The van der Waals surface area contributed by atoms with Crippen molar-refractivity contribution in [2.75, 3.05) is 26.7 Å². The molecule has 1 aliphatic heterocycles. The summed E-state index contributed by atoms with van der Waals surface area (Å²) in [6.07, 6.45) is 0.748. The number of carboxylic acids is 1. The fourth-order valence-electron chi connectivity index (χ4n) is 2.19. The van der Waals surface area contributed by atoms with Gasteiger partial charge in [-0.3, -0.25) is 4.79 Å². The molecule has 1 unspecified atom stereocenters. The molecule has 1 heterocycles. The first kappa shape index (κ1) is 16.2. The van der Waals surface area contributed by atoms with E-state index < -0.39 is 12.1 Å². The number of rotatable bonds is 6. The van der Waals surface area contributed by atoms with E-state index in [1.54, 1.807) is 4.90 Å². The molecule has 0 spiro atoms. The van der Waals surface area contributed by atoms with Crippen LogP contribution >= 0.6 is 0 Å². The largest absolute Gasteiger partial charge is 0.479 e. The lowest BCUT2D eigenvalue weighted by Crippen LogP contribution is -2.47. The first-order valence-corrected chi connectivity index (χ1v) is 6.50. The van der Waals surface area contributed by atoms with Crippen molar-refractivity contribution >= 4 is 17.9 Å². The summed E-state index contributed by atoms with van der Waals surface area (Å²) in [6.45, 7) is 0.995. The number of nitrogens with zero attached hydrogens (tertiary/aromatic N) is 1. The first-order valence-electron chi connectivity index (χ1n) is 6.50. The van der Waals surface area contributed by atoms with E-state index in [1.165, 1.54) is 7.11 Å². The van der Waals surface area contributed by atoms with Crippen molar-refractivity contribution < 1.29 is 24.2 Å². The Bertz CT molecular complexity index is 366. The molecule has 1 saturated heterocycles. The predicted molar refractivity (Wildman–Crippen MR) is 69.9 cm³/mol. The first-order chi connectivity index (χ1) is 9.43. The number of carbonyl (C=O) groups is 3. The highest BCUT2D eigenvalue weighted by atomic mass is 16.5. The third-order valence-electron chi connectivity index (χ3n) is 3.39. The van der Waals surface area contributed by atoms with Crippen molar-refractivity contribution in [3.05, 3.63) is 0 Å². The average Bonchev–Trinajstić information content (AvgIpc) is 2.39. The Labute approximate surface area is 117 Å². The van der Waals surface area contributed by atoms with Crippen LogP contribution in [0.15, 0.2) is 0 Å². The molecule has 8 heteroatoms. The Balaban J connectivity index is 2.32. The fraction of sp³-hybridized carbons (Fsp3) is 0.750. The minimum absolute atomic E-state index is 0.0775. The summed E-state index contributed by atoms with van der Waals surface area (Å²) < 4.78 is 4.73. The molecular formula is C12H21N3O5. The fourth-order valence-corrected chi connectivity index (χ4v) is 2.19. The van der Waals surface area contributed by atoms with E-state index in [0.29, 0.717) is 19.5 Å². The summed E-state index contributed by atoms with van der Waals surface area (Å²) in [5.41, 5.74) is 5.14. The molecule has 114 valence electrons. The number of nitrogens with two attached hydrogens (primary N) is 1. The van der Waals surface area contributed by atoms with E-state index in [9.17, 15) is 14.4 Å². The highest BCUT2D eigenvalue weighted by Gasteiger charge is 2.25. The number of ether oxygens (including phenoxy) is 1. The number of urea groups is 1. The van der Waals surface area contributed by atoms with Crippen molar-refractivity contribution in [1.29, 1.82) is 0 Å². The van der Waals surface area contributed by atoms with Crippen LogP contribution in [0.2, 0.25) is 0 Å². The monoisotopic (exact) mass is 287 g/mol. The standard InChI is InChI=1S/C12H21N3O5/c1-20-9(11(17)18)7-14-12(19)15-4-2-8(3-5-15)6-10(13)16/h8-9H,2-7H2,1H3,(H2,13,16)(H,14,19)(H,17,18). The van der Waals surface area contributed by atoms with Gasteiger partial charge in [0, 0.05) is 26.6 Å². The van der Waals surface area contributed by atoms with Crippen molar-refractivity contribution in [2.24, 2.45) is 11.7 Å². The van der Waals surface area contributed by atoms with Crippen LogP contribution in [0.1, 0.15) is 19.3 Å². The number of likely N-dealkylation sites (tertiary alicyclic amines) is 1. The van der Waals surface area contributed by atoms with Crippen LogP contribution in [-0.4, -0.2) is 60.8 Å². The van der Waals surface area contributed by atoms with E-state index in [0.717, 1.165) is 12.8 Å². The third-order valence-corrected chi connectivity index (χ3v) is 3.39. The Morgan fingerprint density at radius 3 is 2.45 bits per heavy atom. The predicted octanol–water partition coefficient (Wildman–Crippen LogP) is -0.617. The van der Waals surface area contributed by atoms with Gasteiger partial charge in [-0.2, -0.15) is 0 Å². The molecule has 0 aromatic carbocycles. The zero-order valence-corrected chi connectivity index (χ0v) is 11.5. The van der Waals surface area contributed by atoms with E-state index >= 15 is 0 Å². The van der Waals surface area contributed by atoms with Gasteiger partial charge in [0.25, 0.3) is 0 Å². The van der Waals surface area contributed by atoms with E-state index in [2.05, 4.69) is 5.32 Å². The molecule has 0 aromatic heterocycles. The maximum Gasteiger partial charge on any atom is 0.334 e. The SMILES string of the molecule is COC(CNC(=O)N1CCC(CC(N)=O)CC1)C(=O)O. The van der Waals surface area contributed by atoms with Gasteiger partial charge in [-0.1, -0.05) is 0 Å².